The van der Waals surface area contributed by atoms with Gasteiger partial charge in [-0.2, -0.15) is 0 Å². The number of carboxylic acid groups (broad SMARTS) is 2. The molecule has 0 aliphatic carbocycles. The second-order valence-electron chi connectivity index (χ2n) is 10.6. The molecule has 0 saturated carbocycles. The lowest BCUT2D eigenvalue weighted by Crippen LogP contribution is -2.31. The summed E-state index contributed by atoms with van der Waals surface area (Å²) in [4.78, 5) is 47.3. The van der Waals surface area contributed by atoms with Crippen molar-refractivity contribution in [2.45, 2.75) is 122 Å². The maximum absolute atomic E-state index is 12.0. The van der Waals surface area contributed by atoms with Gasteiger partial charge in [0, 0.05) is 40.3 Å². The molecule has 0 fully saturated rings. The Morgan fingerprint density at radius 1 is 0.632 bits per heavy atom. The van der Waals surface area contributed by atoms with Crippen molar-refractivity contribution < 1.29 is 30.8 Å². The van der Waals surface area contributed by atoms with Crippen LogP contribution in [0.15, 0.2) is 0 Å². The van der Waals surface area contributed by atoms with Gasteiger partial charge in [-0.25, -0.2) is 0 Å². The van der Waals surface area contributed by atoms with Gasteiger partial charge in [0.25, 0.3) is 0 Å². The van der Waals surface area contributed by atoms with Crippen molar-refractivity contribution in [3.05, 3.63) is 0 Å². The summed E-state index contributed by atoms with van der Waals surface area (Å²) in [6.07, 6.45) is 16.7. The molecule has 0 unspecified atom stereocenters. The van der Waals surface area contributed by atoms with Crippen molar-refractivity contribution in [3.63, 3.8) is 0 Å². The second-order valence-corrected chi connectivity index (χ2v) is 10.6. The molecule has 224 valence electrons. The Bertz CT molecular complexity index is 651. The second kappa shape index (κ2) is 25.1. The molecular weight excluding hydrogens is 486 g/mol. The molecule has 38 heavy (non-hydrogen) atoms. The summed E-state index contributed by atoms with van der Waals surface area (Å²) in [6.45, 7) is 4.43. The van der Waals surface area contributed by atoms with Gasteiger partial charge in [0.1, 0.15) is 0 Å². The van der Waals surface area contributed by atoms with E-state index in [9.17, 15) is 19.2 Å². The molecular formula is C29H57N3O6. The number of nitrogens with one attached hydrogen (secondary N) is 2. The normalized spacial score (nSPS) is 11.9. The lowest BCUT2D eigenvalue weighted by atomic mass is 10.0. The van der Waals surface area contributed by atoms with Gasteiger partial charge in [0.2, 0.25) is 11.8 Å². The van der Waals surface area contributed by atoms with Crippen LogP contribution >= 0.6 is 0 Å². The van der Waals surface area contributed by atoms with E-state index in [0.717, 1.165) is 57.9 Å². The number of rotatable bonds is 27. The van der Waals surface area contributed by atoms with Gasteiger partial charge in [-0.3, -0.25) is 19.2 Å². The maximum atomic E-state index is 12.0. The Balaban J connectivity index is 0. The van der Waals surface area contributed by atoms with Crippen molar-refractivity contribution in [2.24, 2.45) is 5.92 Å². The Morgan fingerprint density at radius 2 is 1.11 bits per heavy atom. The molecule has 9 heteroatoms. The molecule has 0 spiro atoms. The standard InChI is InChI=1S/C29H55N3O6.H2/c1-25(29(37)38)17-14-15-21-30-27(34)20-24-32(2)23-16-22-31-26(33)18-12-10-8-6-4-3-5-7-9-11-13-19-28(35)36;/h25H,3-24H2,1-2H3,(H,30,34)(H,31,33)(H,35,36)(H,37,38);1H/t25-;/m0./s1. The summed E-state index contributed by atoms with van der Waals surface area (Å²) in [5.41, 5.74) is 0. The van der Waals surface area contributed by atoms with Crippen LogP contribution in [0.1, 0.15) is 124 Å². The highest BCUT2D eigenvalue weighted by atomic mass is 16.4. The first-order valence-electron chi connectivity index (χ1n) is 14.9. The molecule has 0 aromatic rings. The van der Waals surface area contributed by atoms with E-state index in [2.05, 4.69) is 15.5 Å². The number of hydrogen-bond donors (Lipinski definition) is 4. The van der Waals surface area contributed by atoms with E-state index in [0.29, 0.717) is 45.3 Å². The third-order valence-corrected chi connectivity index (χ3v) is 6.86. The summed E-state index contributed by atoms with van der Waals surface area (Å²) in [5, 5.41) is 23.3. The van der Waals surface area contributed by atoms with Gasteiger partial charge in [-0.15, -0.1) is 0 Å². The van der Waals surface area contributed by atoms with Gasteiger partial charge in [-0.05, 0) is 45.7 Å². The van der Waals surface area contributed by atoms with Crippen LogP contribution in [0.5, 0.6) is 0 Å². The summed E-state index contributed by atoms with van der Waals surface area (Å²) >= 11 is 0. The fourth-order valence-electron chi connectivity index (χ4n) is 4.24. The first kappa shape index (κ1) is 35.8. The monoisotopic (exact) mass is 543 g/mol. The lowest BCUT2D eigenvalue weighted by molar-refractivity contribution is -0.141. The van der Waals surface area contributed by atoms with Crippen LogP contribution in [0.25, 0.3) is 0 Å². The number of unbranched alkanes of at least 4 members (excludes halogenated alkanes) is 11. The number of hydrogen-bond acceptors (Lipinski definition) is 5. The van der Waals surface area contributed by atoms with Crippen LogP contribution in [0.4, 0.5) is 0 Å². The van der Waals surface area contributed by atoms with E-state index in [1.807, 2.05) is 7.05 Å². The number of amides is 2. The number of carboxylic acids is 2. The molecule has 0 aromatic carbocycles. The predicted octanol–water partition coefficient (Wildman–Crippen LogP) is 5.22. The van der Waals surface area contributed by atoms with Crippen molar-refractivity contribution in [1.29, 1.82) is 0 Å². The average Bonchev–Trinajstić information content (AvgIpc) is 2.87. The Labute approximate surface area is 232 Å². The average molecular weight is 544 g/mol. The van der Waals surface area contributed by atoms with Crippen molar-refractivity contribution >= 4 is 23.8 Å². The van der Waals surface area contributed by atoms with E-state index >= 15 is 0 Å². The van der Waals surface area contributed by atoms with Gasteiger partial charge >= 0.3 is 11.9 Å². The molecule has 1 atom stereocenters. The minimum atomic E-state index is -0.772. The van der Waals surface area contributed by atoms with Crippen LogP contribution in [0.2, 0.25) is 0 Å². The topological polar surface area (TPSA) is 136 Å². The van der Waals surface area contributed by atoms with Gasteiger partial charge < -0.3 is 25.7 Å². The molecule has 0 radical (unpaired) electrons. The van der Waals surface area contributed by atoms with Gasteiger partial charge in [-0.1, -0.05) is 71.1 Å². The minimum Gasteiger partial charge on any atom is -0.481 e. The predicted molar refractivity (Wildman–Crippen MR) is 153 cm³/mol. The SMILES string of the molecule is C[C@@H](CCCCNC(=O)CCN(C)CCCNC(=O)CCCCCCCCCCCCCC(=O)O)C(=O)O.[HH]. The number of carbonyl (C=O) groups excluding carboxylic acids is 2. The van der Waals surface area contributed by atoms with Gasteiger partial charge in [0.05, 0.1) is 5.92 Å². The van der Waals surface area contributed by atoms with Crippen molar-refractivity contribution in [3.8, 4) is 0 Å². The van der Waals surface area contributed by atoms with Crippen LogP contribution in [0.3, 0.4) is 0 Å². The van der Waals surface area contributed by atoms with E-state index < -0.39 is 11.9 Å². The van der Waals surface area contributed by atoms with Crippen LogP contribution in [-0.2, 0) is 19.2 Å². The third-order valence-electron chi connectivity index (χ3n) is 6.86. The first-order chi connectivity index (χ1) is 18.2. The molecule has 2 amide bonds. The number of carbonyl (C=O) groups is 4. The van der Waals surface area contributed by atoms with E-state index in [4.69, 9.17) is 10.2 Å². The van der Waals surface area contributed by atoms with Crippen LogP contribution in [-0.4, -0.2) is 72.1 Å². The Morgan fingerprint density at radius 3 is 1.63 bits per heavy atom. The maximum Gasteiger partial charge on any atom is 0.306 e. The van der Waals surface area contributed by atoms with Gasteiger partial charge in [0.15, 0.2) is 0 Å². The molecule has 9 nitrogen and oxygen atoms in total. The highest BCUT2D eigenvalue weighted by Gasteiger charge is 2.10. The smallest absolute Gasteiger partial charge is 0.306 e. The summed E-state index contributed by atoms with van der Waals surface area (Å²) in [5.74, 6) is -1.67. The summed E-state index contributed by atoms with van der Waals surface area (Å²) in [7, 11) is 1.98. The minimum absolute atomic E-state index is 0. The zero-order valence-electron chi connectivity index (χ0n) is 24.1. The molecule has 0 heterocycles. The lowest BCUT2D eigenvalue weighted by Gasteiger charge is -2.16. The zero-order valence-corrected chi connectivity index (χ0v) is 24.1. The van der Waals surface area contributed by atoms with Crippen molar-refractivity contribution in [2.75, 3.05) is 33.2 Å². The Kier molecular flexibility index (Phi) is 23.7. The Hall–Kier alpha value is -2.16. The quantitative estimate of drug-likeness (QED) is 0.104. The van der Waals surface area contributed by atoms with Crippen LogP contribution in [0, 0.1) is 5.92 Å². The fourth-order valence-corrected chi connectivity index (χ4v) is 4.24. The molecule has 0 aliphatic heterocycles. The van der Waals surface area contributed by atoms with E-state index in [1.165, 1.54) is 38.5 Å². The highest BCUT2D eigenvalue weighted by molar-refractivity contribution is 5.76. The largest absolute Gasteiger partial charge is 0.481 e. The van der Waals surface area contributed by atoms with E-state index in [-0.39, 0.29) is 19.2 Å². The first-order valence-corrected chi connectivity index (χ1v) is 14.9. The molecule has 4 N–H and O–H groups in total. The molecule has 0 saturated heterocycles. The number of nitrogens with zero attached hydrogens (tertiary/aromatic N) is 1. The van der Waals surface area contributed by atoms with Crippen LogP contribution < -0.4 is 10.6 Å². The molecule has 0 aromatic heterocycles. The molecule has 0 aliphatic rings. The number of aliphatic carboxylic acids is 2. The molecule has 0 bridgehead atoms. The third kappa shape index (κ3) is 25.5. The molecule has 0 rings (SSSR count). The fraction of sp³-hybridized carbons (Fsp3) is 0.862. The highest BCUT2D eigenvalue weighted by Crippen LogP contribution is 2.12. The zero-order chi connectivity index (χ0) is 28.4. The van der Waals surface area contributed by atoms with E-state index in [1.54, 1.807) is 6.92 Å². The summed E-state index contributed by atoms with van der Waals surface area (Å²) in [6, 6.07) is 0. The van der Waals surface area contributed by atoms with Crippen molar-refractivity contribution in [1.82, 2.24) is 15.5 Å². The summed E-state index contributed by atoms with van der Waals surface area (Å²) < 4.78 is 0.